The van der Waals surface area contributed by atoms with Crippen molar-refractivity contribution in [2.24, 2.45) is 4.99 Å². The average Bonchev–Trinajstić information content (AvgIpc) is 2.93. The molecule has 0 bridgehead atoms. The zero-order valence-electron chi connectivity index (χ0n) is 14.2. The van der Waals surface area contributed by atoms with Crippen molar-refractivity contribution in [2.45, 2.75) is 20.5 Å². The van der Waals surface area contributed by atoms with E-state index in [0.717, 1.165) is 22.4 Å². The van der Waals surface area contributed by atoms with Crippen LogP contribution in [-0.4, -0.2) is 6.21 Å². The molecule has 2 aromatic carbocycles. The molecular formula is C21H18N2O2. The average molecular weight is 330 g/mol. The highest BCUT2D eigenvalue weighted by atomic mass is 16.5. The Morgan fingerprint density at radius 2 is 1.80 bits per heavy atom. The topological polar surface area (TPSA) is 58.5 Å². The lowest BCUT2D eigenvalue weighted by Crippen LogP contribution is -1.94. The van der Waals surface area contributed by atoms with Gasteiger partial charge in [0.05, 0.1) is 0 Å². The summed E-state index contributed by atoms with van der Waals surface area (Å²) in [6.45, 7) is 4.22. The first kappa shape index (κ1) is 16.5. The van der Waals surface area contributed by atoms with Crippen LogP contribution in [0.25, 0.3) is 0 Å². The van der Waals surface area contributed by atoms with Gasteiger partial charge >= 0.3 is 0 Å². The number of nitriles is 1. The van der Waals surface area contributed by atoms with Crippen molar-refractivity contribution < 1.29 is 9.15 Å². The molecule has 0 aliphatic carbocycles. The van der Waals surface area contributed by atoms with Gasteiger partial charge in [-0.25, -0.2) is 4.99 Å². The summed E-state index contributed by atoms with van der Waals surface area (Å²) in [5.74, 6) is 1.86. The zero-order chi connectivity index (χ0) is 17.6. The lowest BCUT2D eigenvalue weighted by molar-refractivity contribution is 0.306. The van der Waals surface area contributed by atoms with E-state index in [0.29, 0.717) is 23.8 Å². The molecule has 25 heavy (non-hydrogen) atoms. The van der Waals surface area contributed by atoms with Gasteiger partial charge in [0, 0.05) is 11.8 Å². The van der Waals surface area contributed by atoms with Gasteiger partial charge in [-0.3, -0.25) is 0 Å². The molecule has 0 spiro atoms. The van der Waals surface area contributed by atoms with Gasteiger partial charge in [0.15, 0.2) is 0 Å². The van der Waals surface area contributed by atoms with Crippen LogP contribution in [0.2, 0.25) is 0 Å². The van der Waals surface area contributed by atoms with E-state index < -0.39 is 0 Å². The number of ether oxygens (including phenoxy) is 1. The predicted molar refractivity (Wildman–Crippen MR) is 97.4 cm³/mol. The largest absolute Gasteiger partial charge is 0.489 e. The molecule has 0 aliphatic rings. The Balaban J connectivity index is 1.67. The fourth-order valence-corrected chi connectivity index (χ4v) is 2.36. The predicted octanol–water partition coefficient (Wildman–Crippen LogP) is 5.10. The quantitative estimate of drug-likeness (QED) is 0.612. The molecule has 0 unspecified atom stereocenters. The summed E-state index contributed by atoms with van der Waals surface area (Å²) in [5.41, 5.74) is 3.35. The highest BCUT2D eigenvalue weighted by Crippen LogP contribution is 2.27. The van der Waals surface area contributed by atoms with Gasteiger partial charge in [-0.05, 0) is 49.2 Å². The Labute approximate surface area is 147 Å². The lowest BCUT2D eigenvalue weighted by Gasteiger charge is -2.06. The SMILES string of the molecule is Cc1oc(N=Cc2ccc(OCc3ccccc3)cc2)c(C#N)c1C. The standard InChI is InChI=1S/C21H18N2O2/c1-15-16(2)25-21(20(15)12-22)23-13-17-8-10-19(11-9-17)24-14-18-6-4-3-5-7-18/h3-11,13H,14H2,1-2H3. The number of rotatable bonds is 5. The van der Waals surface area contributed by atoms with Crippen LogP contribution in [0, 0.1) is 25.2 Å². The van der Waals surface area contributed by atoms with Gasteiger partial charge in [0.25, 0.3) is 0 Å². The minimum absolute atomic E-state index is 0.349. The molecule has 1 heterocycles. The first-order valence-corrected chi connectivity index (χ1v) is 7.98. The van der Waals surface area contributed by atoms with Gasteiger partial charge in [-0.1, -0.05) is 30.3 Å². The van der Waals surface area contributed by atoms with Gasteiger partial charge in [0.1, 0.15) is 29.7 Å². The van der Waals surface area contributed by atoms with Crippen LogP contribution in [0.5, 0.6) is 5.75 Å². The molecule has 0 radical (unpaired) electrons. The fraction of sp³-hybridized carbons (Fsp3) is 0.143. The van der Waals surface area contributed by atoms with Crippen LogP contribution in [0.4, 0.5) is 5.88 Å². The Bertz CT molecular complexity index is 917. The summed E-state index contributed by atoms with van der Waals surface area (Å²) in [6.07, 6.45) is 1.68. The second-order valence-corrected chi connectivity index (χ2v) is 5.68. The Kier molecular flexibility index (Phi) is 4.96. The van der Waals surface area contributed by atoms with E-state index in [2.05, 4.69) is 11.1 Å². The van der Waals surface area contributed by atoms with E-state index in [1.807, 2.05) is 68.4 Å². The molecular weight excluding hydrogens is 312 g/mol. The number of nitrogens with zero attached hydrogens (tertiary/aromatic N) is 2. The minimum Gasteiger partial charge on any atom is -0.489 e. The number of furan rings is 1. The summed E-state index contributed by atoms with van der Waals surface area (Å²) in [7, 11) is 0. The van der Waals surface area contributed by atoms with Crippen LogP contribution in [0.15, 0.2) is 64.0 Å². The van der Waals surface area contributed by atoms with Crippen LogP contribution in [-0.2, 0) is 6.61 Å². The third kappa shape index (κ3) is 3.96. The molecule has 0 saturated heterocycles. The molecule has 0 amide bonds. The van der Waals surface area contributed by atoms with Gasteiger partial charge in [-0.2, -0.15) is 5.26 Å². The molecule has 4 nitrogen and oxygen atoms in total. The van der Waals surface area contributed by atoms with E-state index >= 15 is 0 Å². The highest BCUT2D eigenvalue weighted by Gasteiger charge is 2.12. The molecule has 0 N–H and O–H groups in total. The van der Waals surface area contributed by atoms with Crippen molar-refractivity contribution >= 4 is 12.1 Å². The Morgan fingerprint density at radius 3 is 2.48 bits per heavy atom. The number of aryl methyl sites for hydroxylation is 1. The van der Waals surface area contributed by atoms with Crippen molar-refractivity contribution in [2.75, 3.05) is 0 Å². The summed E-state index contributed by atoms with van der Waals surface area (Å²) in [5, 5.41) is 9.20. The molecule has 124 valence electrons. The van der Waals surface area contributed by atoms with E-state index in [1.165, 1.54) is 0 Å². The molecule has 3 rings (SSSR count). The van der Waals surface area contributed by atoms with Crippen molar-refractivity contribution in [3.05, 3.63) is 82.6 Å². The molecule has 4 heteroatoms. The normalized spacial score (nSPS) is 10.8. The van der Waals surface area contributed by atoms with Crippen LogP contribution >= 0.6 is 0 Å². The Hall–Kier alpha value is -3.32. The van der Waals surface area contributed by atoms with Crippen LogP contribution in [0.3, 0.4) is 0 Å². The fourth-order valence-electron chi connectivity index (χ4n) is 2.36. The lowest BCUT2D eigenvalue weighted by atomic mass is 10.2. The number of hydrogen-bond donors (Lipinski definition) is 0. The van der Waals surface area contributed by atoms with Crippen LogP contribution in [0.1, 0.15) is 28.0 Å². The monoisotopic (exact) mass is 330 g/mol. The van der Waals surface area contributed by atoms with Crippen molar-refractivity contribution in [3.63, 3.8) is 0 Å². The summed E-state index contributed by atoms with van der Waals surface area (Å²) in [4.78, 5) is 4.30. The molecule has 1 aromatic heterocycles. The summed E-state index contributed by atoms with van der Waals surface area (Å²) >= 11 is 0. The van der Waals surface area contributed by atoms with E-state index in [4.69, 9.17) is 9.15 Å². The third-order valence-electron chi connectivity index (χ3n) is 3.94. The zero-order valence-corrected chi connectivity index (χ0v) is 14.2. The highest BCUT2D eigenvalue weighted by molar-refractivity contribution is 5.82. The second-order valence-electron chi connectivity index (χ2n) is 5.68. The van der Waals surface area contributed by atoms with Crippen molar-refractivity contribution in [1.29, 1.82) is 5.26 Å². The maximum Gasteiger partial charge on any atom is 0.237 e. The van der Waals surface area contributed by atoms with E-state index in [-0.39, 0.29) is 0 Å². The van der Waals surface area contributed by atoms with Crippen LogP contribution < -0.4 is 4.74 Å². The molecule has 0 saturated carbocycles. The maximum atomic E-state index is 9.20. The maximum absolute atomic E-state index is 9.20. The molecule has 0 aliphatic heterocycles. The second kappa shape index (κ2) is 7.50. The van der Waals surface area contributed by atoms with Crippen molar-refractivity contribution in [3.8, 4) is 11.8 Å². The van der Waals surface area contributed by atoms with Gasteiger partial charge < -0.3 is 9.15 Å². The molecule has 3 aromatic rings. The first-order valence-electron chi connectivity index (χ1n) is 7.98. The molecule has 0 fully saturated rings. The van der Waals surface area contributed by atoms with Gasteiger partial charge in [0.2, 0.25) is 5.88 Å². The minimum atomic E-state index is 0.349. The summed E-state index contributed by atoms with van der Waals surface area (Å²) < 4.78 is 11.3. The first-order chi connectivity index (χ1) is 12.2. The number of hydrogen-bond acceptors (Lipinski definition) is 4. The molecule has 0 atom stereocenters. The number of aliphatic imine (C=N–C) groups is 1. The Morgan fingerprint density at radius 1 is 1.08 bits per heavy atom. The van der Waals surface area contributed by atoms with E-state index in [1.54, 1.807) is 6.21 Å². The van der Waals surface area contributed by atoms with Gasteiger partial charge in [-0.15, -0.1) is 0 Å². The van der Waals surface area contributed by atoms with Crippen molar-refractivity contribution in [1.82, 2.24) is 0 Å². The third-order valence-corrected chi connectivity index (χ3v) is 3.94. The van der Waals surface area contributed by atoms with E-state index in [9.17, 15) is 5.26 Å². The number of benzene rings is 2. The summed E-state index contributed by atoms with van der Waals surface area (Å²) in [6, 6.07) is 19.8. The smallest absolute Gasteiger partial charge is 0.237 e.